The first-order chi connectivity index (χ1) is 16.3. The minimum atomic E-state index is -4.02. The monoisotopic (exact) mass is 481 g/mol. The van der Waals surface area contributed by atoms with Crippen LogP contribution in [0.15, 0.2) is 76.2 Å². The van der Waals surface area contributed by atoms with E-state index in [9.17, 15) is 18.0 Å². The summed E-state index contributed by atoms with van der Waals surface area (Å²) in [6.07, 6.45) is 4.19. The summed E-state index contributed by atoms with van der Waals surface area (Å²) in [6, 6.07) is 17.0. The standard InChI is InChI=1S/C25H27N3O5S/c1-18(29)26-20-11-13-22(14-12-20)34(31,32)28(16-21-8-5-15-33-21)17-25(30)27-24-10-4-7-19-6-2-3-9-23(19)24/h2-3,5-6,8-9,11-15,24H,4,7,10,16-17H2,1H3,(H,26,29)(H,27,30)/t24-/m0/s1. The van der Waals surface area contributed by atoms with Crippen molar-refractivity contribution >= 4 is 27.5 Å². The number of amides is 2. The number of nitrogens with zero attached hydrogens (tertiary/aromatic N) is 1. The lowest BCUT2D eigenvalue weighted by molar-refractivity contribution is -0.122. The predicted molar refractivity (Wildman–Crippen MR) is 127 cm³/mol. The van der Waals surface area contributed by atoms with Gasteiger partial charge in [0.25, 0.3) is 0 Å². The quantitative estimate of drug-likeness (QED) is 0.511. The molecule has 1 heterocycles. The van der Waals surface area contributed by atoms with E-state index in [-0.39, 0.29) is 35.8 Å². The van der Waals surface area contributed by atoms with E-state index in [0.717, 1.165) is 29.1 Å². The van der Waals surface area contributed by atoms with Crippen molar-refractivity contribution in [3.05, 3.63) is 83.8 Å². The zero-order valence-electron chi connectivity index (χ0n) is 18.9. The number of furan rings is 1. The first-order valence-corrected chi connectivity index (χ1v) is 12.5. The molecule has 4 rings (SSSR count). The Kier molecular flexibility index (Phi) is 7.14. The largest absolute Gasteiger partial charge is 0.468 e. The minimum Gasteiger partial charge on any atom is -0.468 e. The predicted octanol–water partition coefficient (Wildman–Crippen LogP) is 3.62. The van der Waals surface area contributed by atoms with Gasteiger partial charge in [-0.2, -0.15) is 4.31 Å². The van der Waals surface area contributed by atoms with Gasteiger partial charge < -0.3 is 15.1 Å². The molecular weight excluding hydrogens is 454 g/mol. The van der Waals surface area contributed by atoms with E-state index in [4.69, 9.17) is 4.42 Å². The van der Waals surface area contributed by atoms with Crippen LogP contribution < -0.4 is 10.6 Å². The highest BCUT2D eigenvalue weighted by molar-refractivity contribution is 7.89. The number of rotatable bonds is 8. The number of nitrogens with one attached hydrogen (secondary N) is 2. The molecule has 0 fully saturated rings. The lowest BCUT2D eigenvalue weighted by Gasteiger charge is -2.28. The van der Waals surface area contributed by atoms with E-state index in [1.54, 1.807) is 12.1 Å². The van der Waals surface area contributed by atoms with Gasteiger partial charge in [0.15, 0.2) is 0 Å². The molecule has 1 aromatic heterocycles. The van der Waals surface area contributed by atoms with Crippen LogP contribution in [0.2, 0.25) is 0 Å². The summed E-state index contributed by atoms with van der Waals surface area (Å²) in [4.78, 5) is 24.3. The Labute approximate surface area is 199 Å². The average molecular weight is 482 g/mol. The Morgan fingerprint density at radius 1 is 1.06 bits per heavy atom. The molecule has 2 aromatic carbocycles. The number of anilines is 1. The highest BCUT2D eigenvalue weighted by Crippen LogP contribution is 2.29. The van der Waals surface area contributed by atoms with Crippen molar-refractivity contribution in [2.45, 2.75) is 43.7 Å². The van der Waals surface area contributed by atoms with Gasteiger partial charge in [-0.1, -0.05) is 24.3 Å². The Morgan fingerprint density at radius 2 is 1.82 bits per heavy atom. The molecule has 34 heavy (non-hydrogen) atoms. The third-order valence-corrected chi connectivity index (χ3v) is 7.56. The average Bonchev–Trinajstić information content (AvgIpc) is 3.32. The van der Waals surface area contributed by atoms with E-state index in [1.807, 2.05) is 18.2 Å². The molecule has 0 saturated carbocycles. The molecule has 0 aliphatic heterocycles. The maximum atomic E-state index is 13.4. The Hall–Kier alpha value is -3.43. The second kappa shape index (κ2) is 10.2. The van der Waals surface area contributed by atoms with Crippen LogP contribution in [0.5, 0.6) is 0 Å². The van der Waals surface area contributed by atoms with Crippen LogP contribution >= 0.6 is 0 Å². The Balaban J connectivity index is 1.54. The molecule has 2 amide bonds. The van der Waals surface area contributed by atoms with Gasteiger partial charge in [-0.25, -0.2) is 8.42 Å². The van der Waals surface area contributed by atoms with Crippen LogP contribution in [0.3, 0.4) is 0 Å². The third kappa shape index (κ3) is 5.55. The summed E-state index contributed by atoms with van der Waals surface area (Å²) in [7, 11) is -4.02. The van der Waals surface area contributed by atoms with Crippen molar-refractivity contribution in [2.24, 2.45) is 0 Å². The number of carbonyl (C=O) groups is 2. The lowest BCUT2D eigenvalue weighted by Crippen LogP contribution is -2.42. The summed E-state index contributed by atoms with van der Waals surface area (Å²) in [5.41, 5.74) is 2.77. The fraction of sp³-hybridized carbons (Fsp3) is 0.280. The fourth-order valence-corrected chi connectivity index (χ4v) is 5.53. The maximum Gasteiger partial charge on any atom is 0.243 e. The Morgan fingerprint density at radius 3 is 2.53 bits per heavy atom. The van der Waals surface area contributed by atoms with Crippen molar-refractivity contribution in [1.29, 1.82) is 0 Å². The topological polar surface area (TPSA) is 109 Å². The summed E-state index contributed by atoms with van der Waals surface area (Å²) >= 11 is 0. The van der Waals surface area contributed by atoms with Gasteiger partial charge in [0, 0.05) is 12.6 Å². The SMILES string of the molecule is CC(=O)Nc1ccc(S(=O)(=O)N(CC(=O)N[C@H]2CCCc3ccccc32)Cc2ccco2)cc1. The minimum absolute atomic E-state index is 0.0176. The van der Waals surface area contributed by atoms with Crippen LogP contribution in [-0.2, 0) is 32.6 Å². The van der Waals surface area contributed by atoms with Crippen LogP contribution in [0, 0.1) is 0 Å². The highest BCUT2D eigenvalue weighted by atomic mass is 32.2. The van der Waals surface area contributed by atoms with Gasteiger partial charge in [0.1, 0.15) is 5.76 Å². The molecule has 9 heteroatoms. The van der Waals surface area contributed by atoms with Gasteiger partial charge in [-0.15, -0.1) is 0 Å². The number of fused-ring (bicyclic) bond motifs is 1. The number of carbonyl (C=O) groups excluding carboxylic acids is 2. The molecule has 0 radical (unpaired) electrons. The normalized spacial score (nSPS) is 15.5. The van der Waals surface area contributed by atoms with Crippen molar-refractivity contribution < 1.29 is 22.4 Å². The second-order valence-corrected chi connectivity index (χ2v) is 10.2. The van der Waals surface area contributed by atoms with Crippen LogP contribution in [0.4, 0.5) is 5.69 Å². The molecule has 1 aliphatic carbocycles. The summed E-state index contributed by atoms with van der Waals surface area (Å²) in [5, 5.41) is 5.62. The maximum absolute atomic E-state index is 13.4. The van der Waals surface area contributed by atoms with E-state index < -0.39 is 10.0 Å². The van der Waals surface area contributed by atoms with E-state index in [1.165, 1.54) is 43.0 Å². The molecular formula is C25H27N3O5S. The van der Waals surface area contributed by atoms with Crippen molar-refractivity contribution in [1.82, 2.24) is 9.62 Å². The molecule has 1 aliphatic rings. The summed E-state index contributed by atoms with van der Waals surface area (Å²) in [5.74, 6) is -0.211. The number of benzene rings is 2. The molecule has 1 atom stereocenters. The number of aryl methyl sites for hydroxylation is 1. The first-order valence-electron chi connectivity index (χ1n) is 11.1. The molecule has 0 spiro atoms. The van der Waals surface area contributed by atoms with Crippen LogP contribution in [-0.4, -0.2) is 31.1 Å². The molecule has 8 nitrogen and oxygen atoms in total. The molecule has 178 valence electrons. The number of sulfonamides is 1. The molecule has 0 unspecified atom stereocenters. The first kappa shape index (κ1) is 23.7. The van der Waals surface area contributed by atoms with Gasteiger partial charge in [0.05, 0.1) is 30.3 Å². The van der Waals surface area contributed by atoms with Gasteiger partial charge >= 0.3 is 0 Å². The zero-order valence-corrected chi connectivity index (χ0v) is 19.7. The fourth-order valence-electron chi connectivity index (χ4n) is 4.17. The van der Waals surface area contributed by atoms with Crippen LogP contribution in [0.25, 0.3) is 0 Å². The zero-order chi connectivity index (χ0) is 24.1. The van der Waals surface area contributed by atoms with Crippen molar-refractivity contribution in [2.75, 3.05) is 11.9 Å². The Bertz CT molecular complexity index is 1250. The number of hydrogen-bond acceptors (Lipinski definition) is 5. The molecule has 0 saturated heterocycles. The van der Waals surface area contributed by atoms with Gasteiger partial charge in [-0.3, -0.25) is 9.59 Å². The second-order valence-electron chi connectivity index (χ2n) is 8.27. The van der Waals surface area contributed by atoms with E-state index in [0.29, 0.717) is 11.4 Å². The molecule has 0 bridgehead atoms. The summed E-state index contributed by atoms with van der Waals surface area (Å²) in [6.45, 7) is 0.936. The molecule has 3 aromatic rings. The highest BCUT2D eigenvalue weighted by Gasteiger charge is 2.29. The van der Waals surface area contributed by atoms with Crippen LogP contribution in [0.1, 0.15) is 42.7 Å². The van der Waals surface area contributed by atoms with Crippen molar-refractivity contribution in [3.8, 4) is 0 Å². The smallest absolute Gasteiger partial charge is 0.243 e. The lowest BCUT2D eigenvalue weighted by atomic mass is 9.88. The molecule has 2 N–H and O–H groups in total. The van der Waals surface area contributed by atoms with E-state index >= 15 is 0 Å². The summed E-state index contributed by atoms with van der Waals surface area (Å²) < 4.78 is 33.3. The van der Waals surface area contributed by atoms with Gasteiger partial charge in [0.2, 0.25) is 21.8 Å². The number of hydrogen-bond donors (Lipinski definition) is 2. The van der Waals surface area contributed by atoms with Crippen molar-refractivity contribution in [3.63, 3.8) is 0 Å². The van der Waals surface area contributed by atoms with E-state index in [2.05, 4.69) is 16.7 Å². The third-order valence-electron chi connectivity index (χ3n) is 5.75. The van der Waals surface area contributed by atoms with Gasteiger partial charge in [-0.05, 0) is 66.8 Å².